The highest BCUT2D eigenvalue weighted by molar-refractivity contribution is 5.85. The van der Waals surface area contributed by atoms with E-state index in [1.165, 1.54) is 7.11 Å². The molecule has 0 aliphatic carbocycles. The molecule has 3 N–H and O–H groups in total. The Hall–Kier alpha value is -0.360. The smallest absolute Gasteiger partial charge is 0.250 e. The van der Waals surface area contributed by atoms with Gasteiger partial charge >= 0.3 is 0 Å². The molecule has 0 saturated carbocycles. The Morgan fingerprint density at radius 3 is 2.81 bits per heavy atom. The van der Waals surface area contributed by atoms with Crippen molar-refractivity contribution in [2.75, 3.05) is 13.7 Å². The number of amides is 1. The Labute approximate surface area is 101 Å². The molecule has 0 aromatic rings. The fraction of sp³-hybridized carbons (Fsp3) is 0.900. The van der Waals surface area contributed by atoms with E-state index >= 15 is 0 Å². The minimum absolute atomic E-state index is 0. The number of hydrogen-bond acceptors (Lipinski definition) is 4. The molecule has 2 heterocycles. The summed E-state index contributed by atoms with van der Waals surface area (Å²) in [5.74, 6) is -0.124. The number of nitrogens with two attached hydrogens (primary N) is 1. The minimum atomic E-state index is -0.538. The zero-order valence-electron chi connectivity index (χ0n) is 9.35. The molecular formula is C10H19ClN2O3. The molecule has 4 atom stereocenters. The molecule has 2 bridgehead atoms. The number of carbonyl (C=O) groups excluding carboxylic acids is 1. The monoisotopic (exact) mass is 250 g/mol. The number of methoxy groups -OCH3 is 1. The van der Waals surface area contributed by atoms with Crippen LogP contribution in [0.25, 0.3) is 0 Å². The van der Waals surface area contributed by atoms with Gasteiger partial charge in [0.2, 0.25) is 0 Å². The van der Waals surface area contributed by atoms with E-state index in [9.17, 15) is 4.79 Å². The van der Waals surface area contributed by atoms with Crippen LogP contribution in [0.5, 0.6) is 0 Å². The topological polar surface area (TPSA) is 73.6 Å². The predicted octanol–water partition coefficient (Wildman–Crippen LogP) is -0.182. The lowest BCUT2D eigenvalue weighted by molar-refractivity contribution is -0.131. The van der Waals surface area contributed by atoms with Crippen molar-refractivity contribution in [3.05, 3.63) is 0 Å². The standard InChI is InChI=1S/C10H18N2O3.ClH/c1-14-9(5-11)10(13)12-7-4-6-2-3-8(7)15-6;/h6-9H,2-5,11H2,1H3,(H,12,13);1H/t6-,7-,8+,9?;/m1./s1. The Kier molecular flexibility index (Phi) is 4.98. The van der Waals surface area contributed by atoms with Crippen molar-refractivity contribution in [2.45, 2.75) is 43.6 Å². The molecule has 1 unspecified atom stereocenters. The summed E-state index contributed by atoms with van der Waals surface area (Å²) in [6, 6.07) is 0.153. The molecule has 5 nitrogen and oxygen atoms in total. The Bertz CT molecular complexity index is 248. The number of fused-ring (bicyclic) bond motifs is 2. The predicted molar refractivity (Wildman–Crippen MR) is 61.5 cm³/mol. The van der Waals surface area contributed by atoms with Crippen LogP contribution in [0.1, 0.15) is 19.3 Å². The molecule has 6 heteroatoms. The number of ether oxygens (including phenoxy) is 2. The highest BCUT2D eigenvalue weighted by Gasteiger charge is 2.41. The van der Waals surface area contributed by atoms with Gasteiger partial charge in [0.25, 0.3) is 5.91 Å². The Balaban J connectivity index is 0.00000128. The second kappa shape index (κ2) is 5.82. The molecule has 2 fully saturated rings. The molecule has 2 aliphatic rings. The van der Waals surface area contributed by atoms with Gasteiger partial charge in [-0.3, -0.25) is 4.79 Å². The number of carbonyl (C=O) groups is 1. The van der Waals surface area contributed by atoms with E-state index in [0.29, 0.717) is 6.10 Å². The number of halogens is 1. The summed E-state index contributed by atoms with van der Waals surface area (Å²) in [4.78, 5) is 11.7. The molecule has 0 spiro atoms. The van der Waals surface area contributed by atoms with Gasteiger partial charge in [-0.1, -0.05) is 0 Å². The Morgan fingerprint density at radius 2 is 2.38 bits per heavy atom. The van der Waals surface area contributed by atoms with Crippen molar-refractivity contribution in [3.63, 3.8) is 0 Å². The van der Waals surface area contributed by atoms with Crippen molar-refractivity contribution >= 4 is 18.3 Å². The van der Waals surface area contributed by atoms with Crippen LogP contribution in [-0.2, 0) is 14.3 Å². The number of rotatable bonds is 4. The molecular weight excluding hydrogens is 232 g/mol. The van der Waals surface area contributed by atoms with Crippen LogP contribution in [0.4, 0.5) is 0 Å². The SMILES string of the molecule is COC(CN)C(=O)N[C@@H]1C[C@H]2CC[C@@H]1O2.Cl. The maximum Gasteiger partial charge on any atom is 0.250 e. The normalized spacial score (nSPS) is 33.2. The number of hydrogen-bond donors (Lipinski definition) is 2. The second-order valence-electron chi connectivity index (χ2n) is 4.18. The van der Waals surface area contributed by atoms with Gasteiger partial charge in [0.15, 0.2) is 0 Å². The zero-order valence-corrected chi connectivity index (χ0v) is 10.2. The molecule has 2 saturated heterocycles. The van der Waals surface area contributed by atoms with E-state index in [1.807, 2.05) is 0 Å². The fourth-order valence-corrected chi connectivity index (χ4v) is 2.38. The highest BCUT2D eigenvalue weighted by atomic mass is 35.5. The third-order valence-electron chi connectivity index (χ3n) is 3.22. The van der Waals surface area contributed by atoms with Gasteiger partial charge in [-0.05, 0) is 19.3 Å². The van der Waals surface area contributed by atoms with E-state index in [0.717, 1.165) is 19.3 Å². The Morgan fingerprint density at radius 1 is 1.62 bits per heavy atom. The van der Waals surface area contributed by atoms with E-state index in [2.05, 4.69) is 5.32 Å². The molecule has 0 aromatic heterocycles. The average Bonchev–Trinajstić information content (AvgIpc) is 2.81. The zero-order chi connectivity index (χ0) is 10.8. The summed E-state index contributed by atoms with van der Waals surface area (Å²) in [5, 5.41) is 2.94. The van der Waals surface area contributed by atoms with Gasteiger partial charge in [0.05, 0.1) is 18.2 Å². The van der Waals surface area contributed by atoms with E-state index in [1.54, 1.807) is 0 Å². The quantitative estimate of drug-likeness (QED) is 0.726. The van der Waals surface area contributed by atoms with Crippen molar-refractivity contribution in [1.29, 1.82) is 0 Å². The van der Waals surface area contributed by atoms with Crippen LogP contribution in [0, 0.1) is 0 Å². The summed E-state index contributed by atoms with van der Waals surface area (Å²) in [7, 11) is 1.49. The molecule has 2 rings (SSSR count). The maximum atomic E-state index is 11.7. The van der Waals surface area contributed by atoms with Gasteiger partial charge < -0.3 is 20.5 Å². The van der Waals surface area contributed by atoms with Gasteiger partial charge in [-0.15, -0.1) is 12.4 Å². The molecule has 0 radical (unpaired) electrons. The lowest BCUT2D eigenvalue weighted by Gasteiger charge is -2.22. The molecule has 2 aliphatic heterocycles. The van der Waals surface area contributed by atoms with Crippen molar-refractivity contribution in [3.8, 4) is 0 Å². The van der Waals surface area contributed by atoms with E-state index in [-0.39, 0.29) is 37.0 Å². The van der Waals surface area contributed by atoms with Crippen LogP contribution in [0.2, 0.25) is 0 Å². The van der Waals surface area contributed by atoms with Gasteiger partial charge in [-0.25, -0.2) is 0 Å². The molecule has 1 amide bonds. The van der Waals surface area contributed by atoms with Crippen molar-refractivity contribution in [2.24, 2.45) is 5.73 Å². The summed E-state index contributed by atoms with van der Waals surface area (Å²) >= 11 is 0. The van der Waals surface area contributed by atoms with E-state index < -0.39 is 6.10 Å². The summed E-state index contributed by atoms with van der Waals surface area (Å²) < 4.78 is 10.6. The van der Waals surface area contributed by atoms with Gasteiger partial charge in [0, 0.05) is 13.7 Å². The third kappa shape index (κ3) is 2.66. The van der Waals surface area contributed by atoms with Crippen LogP contribution in [-0.4, -0.2) is 43.9 Å². The average molecular weight is 251 g/mol. The third-order valence-corrected chi connectivity index (χ3v) is 3.22. The van der Waals surface area contributed by atoms with Gasteiger partial charge in [0.1, 0.15) is 6.10 Å². The molecule has 94 valence electrons. The lowest BCUT2D eigenvalue weighted by atomic mass is 9.95. The van der Waals surface area contributed by atoms with Crippen molar-refractivity contribution < 1.29 is 14.3 Å². The first kappa shape index (κ1) is 13.7. The first-order chi connectivity index (χ1) is 7.24. The summed E-state index contributed by atoms with van der Waals surface area (Å²) in [6.45, 7) is 0.212. The first-order valence-corrected chi connectivity index (χ1v) is 5.43. The fourth-order valence-electron chi connectivity index (χ4n) is 2.38. The van der Waals surface area contributed by atoms with Crippen LogP contribution < -0.4 is 11.1 Å². The summed E-state index contributed by atoms with van der Waals surface area (Å²) in [5.41, 5.74) is 5.42. The number of nitrogens with one attached hydrogen (secondary N) is 1. The van der Waals surface area contributed by atoms with E-state index in [4.69, 9.17) is 15.2 Å². The van der Waals surface area contributed by atoms with Crippen LogP contribution in [0.3, 0.4) is 0 Å². The maximum absolute atomic E-state index is 11.7. The van der Waals surface area contributed by atoms with Crippen LogP contribution in [0.15, 0.2) is 0 Å². The second-order valence-corrected chi connectivity index (χ2v) is 4.18. The molecule has 16 heavy (non-hydrogen) atoms. The highest BCUT2D eigenvalue weighted by Crippen LogP contribution is 2.34. The van der Waals surface area contributed by atoms with Crippen LogP contribution >= 0.6 is 12.4 Å². The largest absolute Gasteiger partial charge is 0.373 e. The van der Waals surface area contributed by atoms with Crippen molar-refractivity contribution in [1.82, 2.24) is 5.32 Å². The molecule has 0 aromatic carbocycles. The minimum Gasteiger partial charge on any atom is -0.373 e. The van der Waals surface area contributed by atoms with Gasteiger partial charge in [-0.2, -0.15) is 0 Å². The lowest BCUT2D eigenvalue weighted by Crippen LogP contribution is -2.48. The first-order valence-electron chi connectivity index (χ1n) is 5.43. The summed E-state index contributed by atoms with van der Waals surface area (Å²) in [6.07, 6.45) is 3.12.